The van der Waals surface area contributed by atoms with Crippen LogP contribution in [0.3, 0.4) is 0 Å². The van der Waals surface area contributed by atoms with Gasteiger partial charge in [-0.2, -0.15) is 0 Å². The second kappa shape index (κ2) is 6.38. The molecule has 0 heterocycles. The number of nitrogens with one attached hydrogen (secondary N) is 1. The Bertz CT molecular complexity index is 324. The minimum atomic E-state index is -0.0542. The third-order valence-electron chi connectivity index (χ3n) is 2.55. The van der Waals surface area contributed by atoms with Gasteiger partial charge in [0, 0.05) is 12.1 Å². The number of phenols is 2. The first-order valence-corrected chi connectivity index (χ1v) is 5.81. The predicted octanol–water partition coefficient (Wildman–Crippen LogP) is 2.62. The molecule has 1 aromatic rings. The zero-order chi connectivity index (χ0) is 12.0. The highest BCUT2D eigenvalue weighted by atomic mass is 16.3. The zero-order valence-electron chi connectivity index (χ0n) is 10.0. The summed E-state index contributed by atoms with van der Waals surface area (Å²) in [5.41, 5.74) is 0.740. The Morgan fingerprint density at radius 2 is 2.00 bits per heavy atom. The fourth-order valence-electron chi connectivity index (χ4n) is 1.58. The van der Waals surface area contributed by atoms with Crippen LogP contribution < -0.4 is 5.32 Å². The summed E-state index contributed by atoms with van der Waals surface area (Å²) >= 11 is 0. The molecular weight excluding hydrogens is 202 g/mol. The molecule has 0 aliphatic rings. The summed E-state index contributed by atoms with van der Waals surface area (Å²) in [4.78, 5) is 0. The van der Waals surface area contributed by atoms with Crippen molar-refractivity contribution in [3.05, 3.63) is 23.8 Å². The van der Waals surface area contributed by atoms with Crippen molar-refractivity contribution >= 4 is 0 Å². The molecule has 0 radical (unpaired) electrons. The van der Waals surface area contributed by atoms with Crippen LogP contribution in [0.2, 0.25) is 0 Å². The van der Waals surface area contributed by atoms with Crippen LogP contribution in [-0.2, 0) is 6.54 Å². The van der Waals surface area contributed by atoms with Crippen LogP contribution >= 0.6 is 0 Å². The lowest BCUT2D eigenvalue weighted by Crippen LogP contribution is -2.15. The largest absolute Gasteiger partial charge is 0.504 e. The van der Waals surface area contributed by atoms with Gasteiger partial charge in [0.1, 0.15) is 0 Å². The van der Waals surface area contributed by atoms with Gasteiger partial charge in [0.15, 0.2) is 11.5 Å². The van der Waals surface area contributed by atoms with E-state index in [9.17, 15) is 10.2 Å². The lowest BCUT2D eigenvalue weighted by atomic mass is 10.1. The zero-order valence-corrected chi connectivity index (χ0v) is 10.0. The average molecular weight is 223 g/mol. The molecule has 3 nitrogen and oxygen atoms in total. The highest BCUT2D eigenvalue weighted by molar-refractivity contribution is 5.44. The van der Waals surface area contributed by atoms with E-state index in [0.29, 0.717) is 6.54 Å². The molecule has 0 bridgehead atoms. The van der Waals surface area contributed by atoms with Crippen LogP contribution in [0.4, 0.5) is 0 Å². The molecule has 0 aromatic heterocycles. The topological polar surface area (TPSA) is 52.5 Å². The normalized spacial score (nSPS) is 10.9. The van der Waals surface area contributed by atoms with Crippen molar-refractivity contribution in [2.45, 2.75) is 33.2 Å². The Hall–Kier alpha value is -1.22. The van der Waals surface area contributed by atoms with Gasteiger partial charge in [0.05, 0.1) is 0 Å². The molecule has 0 spiro atoms. The molecule has 0 amide bonds. The van der Waals surface area contributed by atoms with Gasteiger partial charge < -0.3 is 15.5 Å². The maximum Gasteiger partial charge on any atom is 0.161 e. The number of phenolic OH excluding ortho intramolecular Hbond substituents is 2. The highest BCUT2D eigenvalue weighted by Crippen LogP contribution is 2.27. The van der Waals surface area contributed by atoms with Crippen molar-refractivity contribution in [1.29, 1.82) is 0 Å². The van der Waals surface area contributed by atoms with Crippen LogP contribution in [0.25, 0.3) is 0 Å². The number of hydrogen-bond acceptors (Lipinski definition) is 3. The van der Waals surface area contributed by atoms with E-state index in [1.165, 1.54) is 12.5 Å². The van der Waals surface area contributed by atoms with E-state index in [1.807, 2.05) is 6.07 Å². The molecule has 0 fully saturated rings. The van der Waals surface area contributed by atoms with Crippen molar-refractivity contribution in [1.82, 2.24) is 5.32 Å². The molecule has 0 aliphatic heterocycles. The van der Waals surface area contributed by atoms with Crippen molar-refractivity contribution in [2.75, 3.05) is 6.54 Å². The second-order valence-electron chi connectivity index (χ2n) is 4.50. The van der Waals surface area contributed by atoms with Crippen molar-refractivity contribution in [2.24, 2.45) is 5.92 Å². The highest BCUT2D eigenvalue weighted by Gasteiger charge is 2.04. The minimum absolute atomic E-state index is 0.0149. The summed E-state index contributed by atoms with van der Waals surface area (Å²) in [6.45, 7) is 5.95. The molecule has 1 rings (SSSR count). The Balaban J connectivity index is 2.29. The van der Waals surface area contributed by atoms with Gasteiger partial charge in [0.25, 0.3) is 0 Å². The first-order valence-electron chi connectivity index (χ1n) is 5.81. The van der Waals surface area contributed by atoms with E-state index in [2.05, 4.69) is 19.2 Å². The van der Waals surface area contributed by atoms with Gasteiger partial charge in [-0.1, -0.05) is 26.0 Å². The summed E-state index contributed by atoms with van der Waals surface area (Å²) in [7, 11) is 0. The number of hydrogen-bond donors (Lipinski definition) is 3. The molecule has 0 atom stereocenters. The average Bonchev–Trinajstić information content (AvgIpc) is 2.23. The number of benzene rings is 1. The third kappa shape index (κ3) is 4.11. The maximum atomic E-state index is 9.55. The summed E-state index contributed by atoms with van der Waals surface area (Å²) in [5.74, 6) is 0.663. The van der Waals surface area contributed by atoms with Gasteiger partial charge in [-0.15, -0.1) is 0 Å². The van der Waals surface area contributed by atoms with Crippen LogP contribution in [0, 0.1) is 5.92 Å². The van der Waals surface area contributed by atoms with Crippen LogP contribution in [0.5, 0.6) is 11.5 Å². The summed E-state index contributed by atoms with van der Waals surface area (Å²) in [6, 6.07) is 5.03. The second-order valence-corrected chi connectivity index (χ2v) is 4.50. The summed E-state index contributed by atoms with van der Waals surface area (Å²) < 4.78 is 0. The molecule has 90 valence electrons. The standard InChI is InChI=1S/C13H21NO2/c1-10(2)5-4-8-14-9-11-6-3-7-12(15)13(11)16/h3,6-7,10,14-16H,4-5,8-9H2,1-2H3. The molecule has 3 heteroatoms. The van der Waals surface area contributed by atoms with Crippen molar-refractivity contribution in [3.63, 3.8) is 0 Å². The lowest BCUT2D eigenvalue weighted by Gasteiger charge is -2.08. The predicted molar refractivity (Wildman–Crippen MR) is 65.6 cm³/mol. The Morgan fingerprint density at radius 3 is 2.69 bits per heavy atom. The maximum absolute atomic E-state index is 9.55. The van der Waals surface area contributed by atoms with Gasteiger partial charge >= 0.3 is 0 Å². The molecule has 0 unspecified atom stereocenters. The van der Waals surface area contributed by atoms with E-state index in [4.69, 9.17) is 0 Å². The first kappa shape index (κ1) is 12.8. The fraction of sp³-hybridized carbons (Fsp3) is 0.538. The monoisotopic (exact) mass is 223 g/mol. The first-order chi connectivity index (χ1) is 7.61. The van der Waals surface area contributed by atoms with Crippen LogP contribution in [0.1, 0.15) is 32.3 Å². The lowest BCUT2D eigenvalue weighted by molar-refractivity contribution is 0.397. The number of rotatable bonds is 6. The van der Waals surface area contributed by atoms with Crippen LogP contribution in [-0.4, -0.2) is 16.8 Å². The third-order valence-corrected chi connectivity index (χ3v) is 2.55. The van der Waals surface area contributed by atoms with E-state index in [0.717, 1.165) is 24.4 Å². The Morgan fingerprint density at radius 1 is 1.25 bits per heavy atom. The molecule has 16 heavy (non-hydrogen) atoms. The summed E-state index contributed by atoms with van der Waals surface area (Å²) in [5, 5.41) is 22.1. The molecular formula is C13H21NO2. The van der Waals surface area contributed by atoms with E-state index in [-0.39, 0.29) is 11.5 Å². The van der Waals surface area contributed by atoms with E-state index >= 15 is 0 Å². The summed E-state index contributed by atoms with van der Waals surface area (Å²) in [6.07, 6.45) is 2.34. The van der Waals surface area contributed by atoms with Crippen LogP contribution in [0.15, 0.2) is 18.2 Å². The molecule has 1 aromatic carbocycles. The van der Waals surface area contributed by atoms with Crippen molar-refractivity contribution in [3.8, 4) is 11.5 Å². The quantitative estimate of drug-likeness (QED) is 0.513. The Kier molecular flexibility index (Phi) is 5.12. The molecule has 0 saturated heterocycles. The number of aromatic hydroxyl groups is 2. The van der Waals surface area contributed by atoms with Gasteiger partial charge in [-0.25, -0.2) is 0 Å². The van der Waals surface area contributed by atoms with E-state index < -0.39 is 0 Å². The smallest absolute Gasteiger partial charge is 0.161 e. The van der Waals surface area contributed by atoms with Crippen molar-refractivity contribution < 1.29 is 10.2 Å². The SMILES string of the molecule is CC(C)CCCNCc1cccc(O)c1O. The number of para-hydroxylation sites is 1. The fourth-order valence-corrected chi connectivity index (χ4v) is 1.58. The van der Waals surface area contributed by atoms with E-state index in [1.54, 1.807) is 6.07 Å². The molecule has 3 N–H and O–H groups in total. The molecule has 0 aliphatic carbocycles. The molecule has 0 saturated carbocycles. The Labute approximate surface area is 97.1 Å². The minimum Gasteiger partial charge on any atom is -0.504 e. The van der Waals surface area contributed by atoms with Gasteiger partial charge in [-0.05, 0) is 31.4 Å². The van der Waals surface area contributed by atoms with Gasteiger partial charge in [-0.3, -0.25) is 0 Å². The van der Waals surface area contributed by atoms with Gasteiger partial charge in [0.2, 0.25) is 0 Å².